The molecular weight excluding hydrogens is 700 g/mol. The van der Waals surface area contributed by atoms with Gasteiger partial charge in [-0.2, -0.15) is 10.6 Å². The molecule has 10 nitrogen and oxygen atoms in total. The summed E-state index contributed by atoms with van der Waals surface area (Å²) in [6, 6.07) is 13.6. The Morgan fingerprint density at radius 3 is 2.87 bits per heavy atom. The Kier molecular flexibility index (Phi) is 8.96. The monoisotopic (exact) mass is 743 g/mol. The third-order valence-corrected chi connectivity index (χ3v) is 13.8. The fourth-order valence-electron chi connectivity index (χ4n) is 9.38. The number of methoxy groups -OCH3 is 1. The largest absolute Gasteiger partial charge is 0.490 e. The Balaban J connectivity index is 1.06. The number of carbonyl (C=O) groups excluding carboxylic acids is 2. The van der Waals surface area contributed by atoms with Crippen molar-refractivity contribution in [3.63, 3.8) is 0 Å². The van der Waals surface area contributed by atoms with Gasteiger partial charge in [0.05, 0.1) is 37.2 Å². The van der Waals surface area contributed by atoms with Crippen LogP contribution in [0.25, 0.3) is 0 Å². The zero-order valence-corrected chi connectivity index (χ0v) is 30.9. The molecular formula is C40H44ClN4O6S-. The Labute approximate surface area is 311 Å². The Hall–Kier alpha value is -3.64. The number of nitrogens with one attached hydrogen (secondary N) is 1. The quantitative estimate of drug-likeness (QED) is 0.234. The van der Waals surface area contributed by atoms with Gasteiger partial charge in [0.25, 0.3) is 11.8 Å². The number of benzene rings is 2. The van der Waals surface area contributed by atoms with Crippen LogP contribution in [0.3, 0.4) is 0 Å². The van der Waals surface area contributed by atoms with Gasteiger partial charge in [-0.25, -0.2) is 0 Å². The van der Waals surface area contributed by atoms with Gasteiger partial charge in [0, 0.05) is 54.6 Å². The molecule has 0 saturated heterocycles. The number of aromatic nitrogens is 1. The summed E-state index contributed by atoms with van der Waals surface area (Å²) in [5, 5.41) is 2.83. The average Bonchev–Trinajstić information content (AvgIpc) is 3.81. The van der Waals surface area contributed by atoms with Gasteiger partial charge in [0.2, 0.25) is 0 Å². The van der Waals surface area contributed by atoms with Crippen LogP contribution in [0.15, 0.2) is 65.2 Å². The minimum atomic E-state index is -2.04. The van der Waals surface area contributed by atoms with Crippen LogP contribution < -0.4 is 15.0 Å². The van der Waals surface area contributed by atoms with E-state index >= 15 is 0 Å². The van der Waals surface area contributed by atoms with Crippen molar-refractivity contribution < 1.29 is 28.0 Å². The Bertz CT molecular complexity index is 2020. The van der Waals surface area contributed by atoms with Crippen LogP contribution in [0, 0.1) is 17.8 Å². The molecule has 1 aromatic heterocycles. The molecule has 3 aromatic rings. The van der Waals surface area contributed by atoms with E-state index in [2.05, 4.69) is 32.8 Å². The lowest BCUT2D eigenvalue weighted by molar-refractivity contribution is 0.0131. The maximum atomic E-state index is 13.8. The molecule has 52 heavy (non-hydrogen) atoms. The number of fused-ring (bicyclic) bond motifs is 7. The van der Waals surface area contributed by atoms with Crippen molar-refractivity contribution in [3.05, 3.63) is 93.8 Å². The highest BCUT2D eigenvalue weighted by Crippen LogP contribution is 2.61. The molecule has 2 aromatic carbocycles. The maximum Gasteiger partial charge on any atom is 0.254 e. The van der Waals surface area contributed by atoms with Gasteiger partial charge in [-0.15, -0.1) is 0 Å². The van der Waals surface area contributed by atoms with Gasteiger partial charge in [0.1, 0.15) is 5.75 Å². The Morgan fingerprint density at radius 1 is 1.13 bits per heavy atom. The minimum absolute atomic E-state index is 0.0703. The number of halogens is 1. The van der Waals surface area contributed by atoms with Crippen molar-refractivity contribution in [3.8, 4) is 5.75 Å². The number of hydrogen-bond acceptors (Lipinski definition) is 8. The van der Waals surface area contributed by atoms with Crippen LogP contribution in [0.2, 0.25) is 5.02 Å². The fourth-order valence-corrected chi connectivity index (χ4v) is 10.5. The first-order chi connectivity index (χ1) is 25.3. The molecule has 3 aliphatic heterocycles. The third-order valence-electron chi connectivity index (χ3n) is 12.3. The van der Waals surface area contributed by atoms with E-state index in [9.17, 15) is 13.8 Å². The number of hydrogen-bond donors (Lipinski definition) is 1. The molecule has 274 valence electrons. The summed E-state index contributed by atoms with van der Waals surface area (Å²) in [4.78, 5) is 29.7. The van der Waals surface area contributed by atoms with E-state index in [1.165, 1.54) is 17.5 Å². The smallest absolute Gasteiger partial charge is 0.254 e. The molecule has 3 aliphatic carbocycles. The summed E-state index contributed by atoms with van der Waals surface area (Å²) in [6.07, 6.45) is 11.1. The van der Waals surface area contributed by atoms with Crippen LogP contribution in [0.5, 0.6) is 5.75 Å². The number of ether oxygens (including phenoxy) is 3. The first-order valence-corrected chi connectivity index (χ1v) is 20.1. The van der Waals surface area contributed by atoms with E-state index in [4.69, 9.17) is 25.8 Å². The predicted molar refractivity (Wildman–Crippen MR) is 198 cm³/mol. The lowest BCUT2D eigenvalue weighted by Gasteiger charge is -2.46. The first-order valence-electron chi connectivity index (χ1n) is 18.5. The second kappa shape index (κ2) is 13.6. The van der Waals surface area contributed by atoms with Gasteiger partial charge in [-0.05, 0) is 115 Å². The van der Waals surface area contributed by atoms with Gasteiger partial charge >= 0.3 is 0 Å². The molecule has 6 aliphatic rings. The molecule has 7 atom stereocenters. The molecule has 9 rings (SSSR count). The zero-order valence-electron chi connectivity index (χ0n) is 29.3. The average molecular weight is 744 g/mol. The van der Waals surface area contributed by atoms with Crippen LogP contribution >= 0.6 is 11.6 Å². The van der Waals surface area contributed by atoms with Crippen LogP contribution in [0.4, 0.5) is 5.69 Å². The van der Waals surface area contributed by atoms with Gasteiger partial charge in [0.15, 0.2) is 0 Å². The van der Waals surface area contributed by atoms with E-state index in [1.54, 1.807) is 25.4 Å². The van der Waals surface area contributed by atoms with Gasteiger partial charge in [-0.3, -0.25) is 9.59 Å². The molecule has 1 N–H and O–H groups in total. The number of allylic oxidation sites excluding steroid dienone is 1. The highest BCUT2D eigenvalue weighted by molar-refractivity contribution is 7.75. The van der Waals surface area contributed by atoms with Crippen molar-refractivity contribution in [2.75, 3.05) is 38.3 Å². The van der Waals surface area contributed by atoms with Crippen LogP contribution in [-0.4, -0.2) is 61.3 Å². The zero-order chi connectivity index (χ0) is 35.6. The molecule has 2 fully saturated rings. The first kappa shape index (κ1) is 34.1. The van der Waals surface area contributed by atoms with E-state index in [0.717, 1.165) is 54.5 Å². The second-order valence-electron chi connectivity index (χ2n) is 15.5. The molecule has 1 unspecified atom stereocenters. The fraction of sp³-hybridized carbons (Fsp3) is 0.500. The molecule has 0 radical (unpaired) electrons. The van der Waals surface area contributed by atoms with Crippen LogP contribution in [0.1, 0.15) is 82.0 Å². The van der Waals surface area contributed by atoms with Crippen molar-refractivity contribution in [1.82, 2.24) is 9.88 Å². The SMILES string of the molecule is CO[C@H]1/C=C/CCC(NC(=O)c2cc3n(c2)CCOC3)[S-](=O)=NC(=O)c2ccc3c(c2)N(C[C@@H]2CC[C@H]21)C[C@]1(CO3)C[C@@H]2C[C@@H]2c2cc(Cl)ccc21. The molecule has 2 bridgehead atoms. The summed E-state index contributed by atoms with van der Waals surface area (Å²) < 4.78 is 38.3. The van der Waals surface area contributed by atoms with Gasteiger partial charge < -0.3 is 37.6 Å². The summed E-state index contributed by atoms with van der Waals surface area (Å²) in [5.74, 6) is 1.67. The second-order valence-corrected chi connectivity index (χ2v) is 17.2. The predicted octanol–water partition coefficient (Wildman–Crippen LogP) is 6.75. The summed E-state index contributed by atoms with van der Waals surface area (Å²) >= 11 is 6.53. The number of carbonyl (C=O) groups is 2. The highest BCUT2D eigenvalue weighted by Gasteiger charge is 2.54. The van der Waals surface area contributed by atoms with Crippen molar-refractivity contribution in [2.45, 2.75) is 74.5 Å². The molecule has 2 saturated carbocycles. The third kappa shape index (κ3) is 6.27. The summed E-state index contributed by atoms with van der Waals surface area (Å²) in [5.41, 5.74) is 5.01. The van der Waals surface area contributed by atoms with E-state index < -0.39 is 21.9 Å². The standard InChI is InChI=1S/C40H44ClN4O6S/c1-49-35-4-2-3-5-37(42-38(46)27-14-29-21-50-13-12-44(29)20-27)52(48)43-39(47)24-7-11-36-34(16-24)45(19-25-6-9-30(25)35)22-40(23-51-36)18-26-15-31(26)32-17-28(41)8-10-33(32)40/h2,4,7-8,10-11,14,16-17,20,25-26,30-31,35,37H,3,5-6,9,12-13,15,18-19,21-23H2,1H3,(H,42,46)/q-1/b4-2+/t25-,26-,30+,31-,35-,37?,40-/m0/s1. The van der Waals surface area contributed by atoms with E-state index in [0.29, 0.717) is 74.0 Å². The normalized spacial score (nSPS) is 31.7. The van der Waals surface area contributed by atoms with E-state index in [1.807, 2.05) is 28.8 Å². The van der Waals surface area contributed by atoms with Gasteiger partial charge in [-0.1, -0.05) is 29.8 Å². The maximum absolute atomic E-state index is 13.8. The molecule has 12 heteroatoms. The van der Waals surface area contributed by atoms with Crippen molar-refractivity contribution in [1.29, 1.82) is 0 Å². The molecule has 2 amide bonds. The summed E-state index contributed by atoms with van der Waals surface area (Å²) in [7, 11) is -0.272. The minimum Gasteiger partial charge on any atom is -0.490 e. The number of nitrogens with zero attached hydrogens (tertiary/aromatic N) is 3. The number of amides is 2. The van der Waals surface area contributed by atoms with Crippen LogP contribution in [-0.2, 0) is 42.8 Å². The molecule has 1 spiro atoms. The van der Waals surface area contributed by atoms with Crippen molar-refractivity contribution in [2.24, 2.45) is 22.1 Å². The van der Waals surface area contributed by atoms with E-state index in [-0.39, 0.29) is 17.4 Å². The lowest BCUT2D eigenvalue weighted by atomic mass is 9.68. The number of rotatable bonds is 3. The topological polar surface area (TPSA) is 111 Å². The summed E-state index contributed by atoms with van der Waals surface area (Å²) in [6.45, 7) is 3.78. The lowest BCUT2D eigenvalue weighted by Crippen LogP contribution is -2.49. The molecule has 4 heterocycles. The highest BCUT2D eigenvalue weighted by atomic mass is 35.5. The van der Waals surface area contributed by atoms with Crippen molar-refractivity contribution >= 4 is 39.7 Å². The number of anilines is 1. The Morgan fingerprint density at radius 2 is 2.04 bits per heavy atom.